The van der Waals surface area contributed by atoms with Crippen molar-refractivity contribution in [1.29, 1.82) is 0 Å². The number of nitrogens with one attached hydrogen (secondary N) is 1. The fraction of sp³-hybridized carbons (Fsp3) is 0.308. The molecule has 35 heavy (non-hydrogen) atoms. The molecule has 1 atom stereocenters. The zero-order valence-electron chi connectivity index (χ0n) is 19.3. The van der Waals surface area contributed by atoms with Crippen molar-refractivity contribution >= 4 is 18.0 Å². The van der Waals surface area contributed by atoms with Gasteiger partial charge in [0.25, 0.3) is 5.91 Å². The minimum atomic E-state index is -1.02. The lowest BCUT2D eigenvalue weighted by Crippen LogP contribution is -2.41. The second kappa shape index (κ2) is 9.25. The minimum absolute atomic E-state index is 0.0276. The van der Waals surface area contributed by atoms with E-state index in [1.54, 1.807) is 7.05 Å². The average molecular weight is 475 g/mol. The number of ether oxygens (including phenoxy) is 1. The number of nitrogens with zero attached hydrogens (tertiary/aromatic N) is 3. The van der Waals surface area contributed by atoms with Crippen molar-refractivity contribution in [3.05, 3.63) is 77.1 Å². The first-order valence-electron chi connectivity index (χ1n) is 11.6. The van der Waals surface area contributed by atoms with Gasteiger partial charge in [0.2, 0.25) is 0 Å². The third kappa shape index (κ3) is 4.14. The molecule has 0 bridgehead atoms. The van der Waals surface area contributed by atoms with Crippen LogP contribution in [0.1, 0.15) is 45.9 Å². The van der Waals surface area contributed by atoms with Gasteiger partial charge >= 0.3 is 12.1 Å². The van der Waals surface area contributed by atoms with Crippen LogP contribution in [0.4, 0.5) is 4.79 Å². The van der Waals surface area contributed by atoms with Crippen molar-refractivity contribution in [2.24, 2.45) is 7.05 Å². The van der Waals surface area contributed by atoms with Gasteiger partial charge in [-0.3, -0.25) is 9.48 Å². The van der Waals surface area contributed by atoms with Crippen LogP contribution < -0.4 is 5.32 Å². The van der Waals surface area contributed by atoms with Crippen molar-refractivity contribution < 1.29 is 24.2 Å². The summed E-state index contributed by atoms with van der Waals surface area (Å²) < 4.78 is 7.08. The van der Waals surface area contributed by atoms with Gasteiger partial charge in [0.05, 0.1) is 24.0 Å². The Hall–Kier alpha value is -4.14. The van der Waals surface area contributed by atoms with E-state index in [0.717, 1.165) is 22.3 Å². The van der Waals surface area contributed by atoms with Crippen LogP contribution in [0.25, 0.3) is 11.1 Å². The molecule has 1 aliphatic carbocycles. The summed E-state index contributed by atoms with van der Waals surface area (Å²) in [6.07, 6.45) is 1.87. The predicted octanol–water partition coefficient (Wildman–Crippen LogP) is 3.15. The second-order valence-electron chi connectivity index (χ2n) is 8.80. The van der Waals surface area contributed by atoms with Crippen molar-refractivity contribution in [2.75, 3.05) is 13.2 Å². The maximum atomic E-state index is 13.0. The number of fused-ring (bicyclic) bond motifs is 3. The predicted molar refractivity (Wildman–Crippen MR) is 127 cm³/mol. The van der Waals surface area contributed by atoms with E-state index in [-0.39, 0.29) is 24.6 Å². The zero-order valence-corrected chi connectivity index (χ0v) is 19.3. The number of aromatic nitrogens is 2. The van der Waals surface area contributed by atoms with E-state index >= 15 is 0 Å². The monoisotopic (exact) mass is 474 g/mol. The molecule has 0 radical (unpaired) electrons. The number of carbonyl (C=O) groups excluding carboxylic acids is 2. The van der Waals surface area contributed by atoms with Gasteiger partial charge in [0, 0.05) is 19.5 Å². The number of carbonyl (C=O) groups is 3. The van der Waals surface area contributed by atoms with E-state index in [2.05, 4.69) is 34.7 Å². The molecule has 180 valence electrons. The quantitative estimate of drug-likeness (QED) is 0.567. The SMILES string of the molecule is Cn1ncc(C(=O)N2CCC[C@@H]2C(=O)O)c1CNC(=O)OCC1c2ccccc2-c2ccccc21. The van der Waals surface area contributed by atoms with Gasteiger partial charge in [-0.25, -0.2) is 9.59 Å². The normalized spacial score (nSPS) is 16.6. The molecular weight excluding hydrogens is 448 g/mol. The maximum Gasteiger partial charge on any atom is 0.407 e. The number of aliphatic carboxylic acids is 1. The molecule has 9 nitrogen and oxygen atoms in total. The number of hydrogen-bond acceptors (Lipinski definition) is 5. The van der Waals surface area contributed by atoms with E-state index in [9.17, 15) is 19.5 Å². The number of hydrogen-bond donors (Lipinski definition) is 2. The van der Waals surface area contributed by atoms with Crippen molar-refractivity contribution in [1.82, 2.24) is 20.0 Å². The van der Waals surface area contributed by atoms with Gasteiger partial charge in [-0.05, 0) is 35.1 Å². The van der Waals surface area contributed by atoms with E-state index in [0.29, 0.717) is 25.1 Å². The molecule has 2 N–H and O–H groups in total. The summed E-state index contributed by atoms with van der Waals surface area (Å²) in [6, 6.07) is 15.4. The summed E-state index contributed by atoms with van der Waals surface area (Å²) in [5.41, 5.74) is 5.31. The number of alkyl carbamates (subject to hydrolysis) is 1. The van der Waals surface area contributed by atoms with Crippen LogP contribution in [0.5, 0.6) is 0 Å². The van der Waals surface area contributed by atoms with Gasteiger partial charge in [-0.1, -0.05) is 48.5 Å². The molecule has 1 saturated heterocycles. The van der Waals surface area contributed by atoms with Crippen LogP contribution in [-0.2, 0) is 23.1 Å². The number of benzene rings is 2. The average Bonchev–Trinajstić information content (AvgIpc) is 3.57. The molecule has 2 aromatic carbocycles. The van der Waals surface area contributed by atoms with Gasteiger partial charge in [0.1, 0.15) is 12.6 Å². The van der Waals surface area contributed by atoms with E-state index in [1.807, 2.05) is 24.3 Å². The van der Waals surface area contributed by atoms with Gasteiger partial charge in [-0.15, -0.1) is 0 Å². The summed E-state index contributed by atoms with van der Waals surface area (Å²) in [5.74, 6) is -1.46. The van der Waals surface area contributed by atoms with Crippen LogP contribution in [0.15, 0.2) is 54.7 Å². The maximum absolute atomic E-state index is 13.0. The molecule has 0 unspecified atom stereocenters. The summed E-state index contributed by atoms with van der Waals surface area (Å²) in [6.45, 7) is 0.592. The summed E-state index contributed by atoms with van der Waals surface area (Å²) >= 11 is 0. The molecule has 2 heterocycles. The lowest BCUT2D eigenvalue weighted by atomic mass is 9.98. The molecule has 0 spiro atoms. The minimum Gasteiger partial charge on any atom is -0.480 e. The van der Waals surface area contributed by atoms with Crippen molar-refractivity contribution in [3.63, 3.8) is 0 Å². The molecule has 9 heteroatoms. The Morgan fingerprint density at radius 3 is 2.40 bits per heavy atom. The third-order valence-electron chi connectivity index (χ3n) is 6.83. The van der Waals surface area contributed by atoms with Gasteiger partial charge in [0.15, 0.2) is 0 Å². The number of amides is 2. The van der Waals surface area contributed by atoms with Crippen LogP contribution in [0.2, 0.25) is 0 Å². The highest BCUT2D eigenvalue weighted by atomic mass is 16.5. The number of carboxylic acids is 1. The third-order valence-corrected chi connectivity index (χ3v) is 6.83. The Balaban J connectivity index is 1.24. The lowest BCUT2D eigenvalue weighted by Gasteiger charge is -2.21. The molecule has 5 rings (SSSR count). The Kier molecular flexibility index (Phi) is 5.98. The first kappa shape index (κ1) is 22.6. The smallest absolute Gasteiger partial charge is 0.407 e. The Morgan fingerprint density at radius 2 is 1.74 bits per heavy atom. The molecule has 0 saturated carbocycles. The topological polar surface area (TPSA) is 114 Å². The number of carboxylic acid groups (broad SMARTS) is 1. The van der Waals surface area contributed by atoms with E-state index in [1.165, 1.54) is 15.8 Å². The van der Waals surface area contributed by atoms with Crippen LogP contribution in [-0.4, -0.2) is 57.0 Å². The van der Waals surface area contributed by atoms with Crippen molar-refractivity contribution in [3.8, 4) is 11.1 Å². The fourth-order valence-electron chi connectivity index (χ4n) is 5.08. The van der Waals surface area contributed by atoms with Gasteiger partial charge in [-0.2, -0.15) is 5.10 Å². The number of aryl methyl sites for hydroxylation is 1. The van der Waals surface area contributed by atoms with Gasteiger partial charge < -0.3 is 20.1 Å². The van der Waals surface area contributed by atoms with E-state index < -0.39 is 24.0 Å². The second-order valence-corrected chi connectivity index (χ2v) is 8.80. The standard InChI is InChI=1S/C26H26N4O5/c1-29-23(20(13-28-29)24(31)30-12-6-11-22(30)25(32)33)14-27-26(34)35-15-21-18-9-4-2-7-16(18)17-8-3-5-10-19(17)21/h2-5,7-10,13,21-22H,6,11-12,14-15H2,1H3,(H,27,34)(H,32,33)/t22-/m1/s1. The molecule has 2 aliphatic rings. The first-order valence-corrected chi connectivity index (χ1v) is 11.6. The van der Waals surface area contributed by atoms with Crippen LogP contribution in [0, 0.1) is 0 Å². The van der Waals surface area contributed by atoms with E-state index in [4.69, 9.17) is 4.74 Å². The summed E-state index contributed by atoms with van der Waals surface area (Å²) in [4.78, 5) is 38.5. The van der Waals surface area contributed by atoms with Crippen LogP contribution in [0.3, 0.4) is 0 Å². The molecule has 3 aromatic rings. The zero-order chi connectivity index (χ0) is 24.5. The highest BCUT2D eigenvalue weighted by molar-refractivity contribution is 5.97. The Morgan fingerprint density at radius 1 is 1.09 bits per heavy atom. The van der Waals surface area contributed by atoms with Crippen molar-refractivity contribution in [2.45, 2.75) is 31.3 Å². The molecule has 1 fully saturated rings. The molecule has 1 aliphatic heterocycles. The Bertz CT molecular complexity index is 1250. The summed E-state index contributed by atoms with van der Waals surface area (Å²) in [5, 5.41) is 16.3. The Labute approximate surface area is 202 Å². The highest BCUT2D eigenvalue weighted by Crippen LogP contribution is 2.44. The summed E-state index contributed by atoms with van der Waals surface area (Å²) in [7, 11) is 1.67. The number of rotatable bonds is 6. The molecule has 1 aromatic heterocycles. The largest absolute Gasteiger partial charge is 0.480 e. The molecule has 2 amide bonds. The number of likely N-dealkylation sites (tertiary alicyclic amines) is 1. The fourth-order valence-corrected chi connectivity index (χ4v) is 5.08. The first-order chi connectivity index (χ1) is 17.0. The lowest BCUT2D eigenvalue weighted by molar-refractivity contribution is -0.141. The molecular formula is C26H26N4O5. The van der Waals surface area contributed by atoms with Crippen LogP contribution >= 0.6 is 0 Å². The highest BCUT2D eigenvalue weighted by Gasteiger charge is 2.36.